The molecule has 3 aliphatic rings. The van der Waals surface area contributed by atoms with Gasteiger partial charge in [-0.25, -0.2) is 0 Å². The van der Waals surface area contributed by atoms with Crippen molar-refractivity contribution in [2.24, 2.45) is 23.7 Å². The Labute approximate surface area is 97.7 Å². The highest BCUT2D eigenvalue weighted by Crippen LogP contribution is 2.48. The van der Waals surface area contributed by atoms with Gasteiger partial charge >= 0.3 is 5.97 Å². The Morgan fingerprint density at radius 1 is 1.00 bits per heavy atom. The lowest BCUT2D eigenvalue weighted by Crippen LogP contribution is -2.30. The van der Waals surface area contributed by atoms with Crippen LogP contribution in [0.5, 0.6) is 0 Å². The van der Waals surface area contributed by atoms with E-state index in [0.717, 1.165) is 12.3 Å². The molecule has 3 rings (SSSR count). The maximum atomic E-state index is 12.1. The zero-order chi connectivity index (χ0) is 11.1. The molecule has 1 aliphatic heterocycles. The first-order chi connectivity index (χ1) is 7.77. The van der Waals surface area contributed by atoms with Crippen molar-refractivity contribution in [2.45, 2.75) is 58.0 Å². The van der Waals surface area contributed by atoms with E-state index < -0.39 is 0 Å². The van der Waals surface area contributed by atoms with Gasteiger partial charge in [-0.1, -0.05) is 26.2 Å². The van der Waals surface area contributed by atoms with Gasteiger partial charge in [0, 0.05) is 5.92 Å². The fourth-order valence-corrected chi connectivity index (χ4v) is 4.29. The van der Waals surface area contributed by atoms with E-state index in [0.29, 0.717) is 11.8 Å². The molecule has 0 radical (unpaired) electrons. The maximum Gasteiger partial charge on any atom is 0.309 e. The molecule has 2 nitrogen and oxygen atoms in total. The Balaban J connectivity index is 1.80. The number of ether oxygens (including phenoxy) is 1. The fourth-order valence-electron chi connectivity index (χ4n) is 4.29. The van der Waals surface area contributed by atoms with Crippen LogP contribution in [0.4, 0.5) is 0 Å². The van der Waals surface area contributed by atoms with Crippen molar-refractivity contribution >= 4 is 5.97 Å². The van der Waals surface area contributed by atoms with Gasteiger partial charge in [-0.2, -0.15) is 0 Å². The first-order valence-corrected chi connectivity index (χ1v) is 6.98. The number of carbonyl (C=O) groups is 1. The quantitative estimate of drug-likeness (QED) is 0.637. The topological polar surface area (TPSA) is 26.3 Å². The molecular weight excluding hydrogens is 200 g/mol. The summed E-state index contributed by atoms with van der Waals surface area (Å²) in [5, 5.41) is 0. The Hall–Kier alpha value is -0.530. The number of hydrogen-bond donors (Lipinski definition) is 0. The second-order valence-electron chi connectivity index (χ2n) is 6.02. The van der Waals surface area contributed by atoms with Gasteiger partial charge in [0.15, 0.2) is 0 Å². The number of hydrogen-bond acceptors (Lipinski definition) is 2. The predicted octanol–water partition coefficient (Wildman–Crippen LogP) is 3.15. The minimum Gasteiger partial charge on any atom is -0.462 e. The number of fused-ring (bicyclic) bond motifs is 1. The van der Waals surface area contributed by atoms with Crippen LogP contribution in [0.25, 0.3) is 0 Å². The lowest BCUT2D eigenvalue weighted by atomic mass is 9.72. The van der Waals surface area contributed by atoms with E-state index in [-0.39, 0.29) is 18.0 Å². The van der Waals surface area contributed by atoms with Crippen LogP contribution in [0.15, 0.2) is 0 Å². The summed E-state index contributed by atoms with van der Waals surface area (Å²) in [7, 11) is 0. The summed E-state index contributed by atoms with van der Waals surface area (Å²) in [5.41, 5.74) is 0. The van der Waals surface area contributed by atoms with E-state index >= 15 is 0 Å². The highest BCUT2D eigenvalue weighted by molar-refractivity contribution is 5.75. The molecule has 2 saturated carbocycles. The van der Waals surface area contributed by atoms with E-state index in [1.165, 1.54) is 38.5 Å². The van der Waals surface area contributed by atoms with Gasteiger partial charge in [0.2, 0.25) is 0 Å². The van der Waals surface area contributed by atoms with E-state index in [4.69, 9.17) is 4.74 Å². The van der Waals surface area contributed by atoms with Crippen molar-refractivity contribution in [2.75, 3.05) is 0 Å². The summed E-state index contributed by atoms with van der Waals surface area (Å²) in [6.07, 6.45) is 9.05. The average Bonchev–Trinajstić information content (AvgIpc) is 2.81. The van der Waals surface area contributed by atoms with Crippen LogP contribution < -0.4 is 0 Å². The Kier molecular flexibility index (Phi) is 2.68. The van der Waals surface area contributed by atoms with Gasteiger partial charge in [-0.05, 0) is 37.5 Å². The van der Waals surface area contributed by atoms with Crippen molar-refractivity contribution in [1.82, 2.24) is 0 Å². The smallest absolute Gasteiger partial charge is 0.309 e. The molecule has 0 amide bonds. The number of rotatable bonds is 1. The maximum absolute atomic E-state index is 12.1. The summed E-state index contributed by atoms with van der Waals surface area (Å²) in [6.45, 7) is 2.32. The number of carbonyl (C=O) groups excluding carboxylic acids is 1. The summed E-state index contributed by atoms with van der Waals surface area (Å²) in [6, 6.07) is 0. The van der Waals surface area contributed by atoms with E-state index in [1.807, 2.05) is 0 Å². The summed E-state index contributed by atoms with van der Waals surface area (Å²) in [5.74, 6) is 2.31. The highest BCUT2D eigenvalue weighted by Gasteiger charge is 2.50. The molecule has 1 heterocycles. The van der Waals surface area contributed by atoms with Crippen LogP contribution in [-0.2, 0) is 9.53 Å². The zero-order valence-electron chi connectivity index (χ0n) is 10.2. The summed E-state index contributed by atoms with van der Waals surface area (Å²) in [4.78, 5) is 12.1. The first-order valence-electron chi connectivity index (χ1n) is 6.98. The van der Waals surface area contributed by atoms with Crippen molar-refractivity contribution < 1.29 is 9.53 Å². The van der Waals surface area contributed by atoms with Crippen LogP contribution >= 0.6 is 0 Å². The third-order valence-electron chi connectivity index (χ3n) is 5.14. The Morgan fingerprint density at radius 2 is 1.75 bits per heavy atom. The second-order valence-corrected chi connectivity index (χ2v) is 6.02. The van der Waals surface area contributed by atoms with Crippen LogP contribution in [0.3, 0.4) is 0 Å². The van der Waals surface area contributed by atoms with E-state index in [9.17, 15) is 4.79 Å². The third kappa shape index (κ3) is 1.57. The molecule has 0 aromatic carbocycles. The molecule has 0 aromatic heterocycles. The summed E-state index contributed by atoms with van der Waals surface area (Å²) < 4.78 is 5.60. The Morgan fingerprint density at radius 3 is 2.50 bits per heavy atom. The molecule has 0 N–H and O–H groups in total. The number of esters is 1. The van der Waals surface area contributed by atoms with Crippen molar-refractivity contribution in [3.05, 3.63) is 0 Å². The monoisotopic (exact) mass is 222 g/mol. The molecular formula is C14H22O2. The fraction of sp³-hybridized carbons (Fsp3) is 0.929. The molecule has 2 aliphatic carbocycles. The van der Waals surface area contributed by atoms with Crippen molar-refractivity contribution in [1.29, 1.82) is 0 Å². The highest BCUT2D eigenvalue weighted by atomic mass is 16.6. The van der Waals surface area contributed by atoms with Gasteiger partial charge in [0.1, 0.15) is 6.10 Å². The first kappa shape index (κ1) is 10.6. The van der Waals surface area contributed by atoms with Gasteiger partial charge < -0.3 is 4.74 Å². The SMILES string of the molecule is CC1CCCC1C1C(=O)O[C@@H]2CCCC[C@@H]12. The molecule has 90 valence electrons. The summed E-state index contributed by atoms with van der Waals surface area (Å²) >= 11 is 0. The third-order valence-corrected chi connectivity index (χ3v) is 5.14. The van der Waals surface area contributed by atoms with Gasteiger partial charge in [0.05, 0.1) is 5.92 Å². The van der Waals surface area contributed by atoms with Gasteiger partial charge in [-0.15, -0.1) is 0 Å². The molecule has 3 unspecified atom stereocenters. The van der Waals surface area contributed by atoms with Gasteiger partial charge in [-0.3, -0.25) is 4.79 Å². The normalized spacial score (nSPS) is 47.8. The van der Waals surface area contributed by atoms with Crippen LogP contribution in [0.2, 0.25) is 0 Å². The molecule has 2 heteroatoms. The lowest BCUT2D eigenvalue weighted by Gasteiger charge is -2.29. The standard InChI is InChI=1S/C14H22O2/c1-9-5-4-7-10(9)13-11-6-2-3-8-12(11)16-14(13)15/h9-13H,2-8H2,1H3/t9?,10?,11-,12-,13?/m1/s1. The molecule has 5 atom stereocenters. The van der Waals surface area contributed by atoms with E-state index in [2.05, 4.69) is 6.92 Å². The van der Waals surface area contributed by atoms with Crippen LogP contribution in [0.1, 0.15) is 51.9 Å². The van der Waals surface area contributed by atoms with Crippen LogP contribution in [-0.4, -0.2) is 12.1 Å². The van der Waals surface area contributed by atoms with Crippen LogP contribution in [0, 0.1) is 23.7 Å². The zero-order valence-corrected chi connectivity index (χ0v) is 10.2. The molecule has 1 saturated heterocycles. The molecule has 0 spiro atoms. The average molecular weight is 222 g/mol. The molecule has 0 bridgehead atoms. The van der Waals surface area contributed by atoms with Crippen molar-refractivity contribution in [3.8, 4) is 0 Å². The molecule has 16 heavy (non-hydrogen) atoms. The molecule has 0 aromatic rings. The largest absolute Gasteiger partial charge is 0.462 e. The molecule has 3 fully saturated rings. The lowest BCUT2D eigenvalue weighted by molar-refractivity contribution is -0.146. The minimum atomic E-state index is 0.135. The van der Waals surface area contributed by atoms with Crippen molar-refractivity contribution in [3.63, 3.8) is 0 Å². The van der Waals surface area contributed by atoms with Gasteiger partial charge in [0.25, 0.3) is 0 Å². The van der Waals surface area contributed by atoms with E-state index in [1.54, 1.807) is 0 Å². The predicted molar refractivity (Wildman–Crippen MR) is 61.8 cm³/mol. The minimum absolute atomic E-state index is 0.135. The Bertz CT molecular complexity index is 286. The second kappa shape index (κ2) is 4.05.